The lowest BCUT2D eigenvalue weighted by Gasteiger charge is -2.02. The van der Waals surface area contributed by atoms with Crippen molar-refractivity contribution in [2.75, 3.05) is 0 Å². The molecule has 0 bridgehead atoms. The molecule has 0 N–H and O–H groups in total. The first-order chi connectivity index (χ1) is 7.92. The van der Waals surface area contributed by atoms with Crippen LogP contribution in [0.15, 0.2) is 59.3 Å². The molecule has 0 saturated carbocycles. The average Bonchev–Trinajstić information content (AvgIpc) is 2.82. The van der Waals surface area contributed by atoms with E-state index in [9.17, 15) is 0 Å². The first kappa shape index (κ1) is 8.97. The monoisotopic (exact) mass is 211 g/mol. The first-order valence-electron chi connectivity index (χ1n) is 4.98. The Morgan fingerprint density at radius 3 is 2.69 bits per heavy atom. The highest BCUT2D eigenvalue weighted by Crippen LogP contribution is 2.24. The van der Waals surface area contributed by atoms with E-state index in [1.807, 2.05) is 36.4 Å². The summed E-state index contributed by atoms with van der Waals surface area (Å²) in [5.41, 5.74) is 0. The molecule has 0 saturated heterocycles. The summed E-state index contributed by atoms with van der Waals surface area (Å²) in [5, 5.41) is 2.31. The molecular weight excluding hydrogens is 202 g/mol. The fourth-order valence-electron chi connectivity index (χ4n) is 1.59. The Bertz CT molecular complexity index is 602. The van der Waals surface area contributed by atoms with Gasteiger partial charge in [0.1, 0.15) is 12.0 Å². The van der Waals surface area contributed by atoms with Gasteiger partial charge < -0.3 is 9.15 Å². The van der Waals surface area contributed by atoms with Crippen molar-refractivity contribution in [2.24, 2.45) is 0 Å². The second-order valence-electron chi connectivity index (χ2n) is 3.41. The molecular formula is C13H9NO2. The van der Waals surface area contributed by atoms with Crippen LogP contribution in [0.3, 0.4) is 0 Å². The van der Waals surface area contributed by atoms with Crippen LogP contribution in [0.25, 0.3) is 10.8 Å². The Labute approximate surface area is 92.3 Å². The lowest BCUT2D eigenvalue weighted by Crippen LogP contribution is -1.83. The first-order valence-corrected chi connectivity index (χ1v) is 4.98. The Morgan fingerprint density at radius 1 is 1.00 bits per heavy atom. The molecule has 3 nitrogen and oxygen atoms in total. The van der Waals surface area contributed by atoms with E-state index in [4.69, 9.17) is 9.15 Å². The van der Waals surface area contributed by atoms with E-state index in [0.717, 1.165) is 11.1 Å². The molecule has 0 spiro atoms. The summed E-state index contributed by atoms with van der Waals surface area (Å²) in [5.74, 6) is 0.723. The maximum absolute atomic E-state index is 5.45. The molecule has 1 heterocycles. The van der Waals surface area contributed by atoms with E-state index in [-0.39, 0.29) is 6.08 Å². The van der Waals surface area contributed by atoms with Crippen LogP contribution in [0.5, 0.6) is 11.8 Å². The van der Waals surface area contributed by atoms with Crippen LogP contribution in [0, 0.1) is 0 Å². The molecule has 0 aliphatic rings. The van der Waals surface area contributed by atoms with E-state index >= 15 is 0 Å². The zero-order chi connectivity index (χ0) is 10.8. The third kappa shape index (κ3) is 1.63. The predicted octanol–water partition coefficient (Wildman–Crippen LogP) is 3.62. The van der Waals surface area contributed by atoms with Crippen LogP contribution >= 0.6 is 0 Å². The minimum Gasteiger partial charge on any atom is -0.417 e. The van der Waals surface area contributed by atoms with E-state index in [0.29, 0.717) is 0 Å². The fourth-order valence-corrected chi connectivity index (χ4v) is 1.59. The van der Waals surface area contributed by atoms with Gasteiger partial charge in [-0.2, -0.15) is 4.98 Å². The van der Waals surface area contributed by atoms with Crippen LogP contribution in [0.4, 0.5) is 0 Å². The van der Waals surface area contributed by atoms with Crippen molar-refractivity contribution >= 4 is 10.8 Å². The normalized spacial score (nSPS) is 10.5. The van der Waals surface area contributed by atoms with Gasteiger partial charge in [0.25, 0.3) is 0 Å². The van der Waals surface area contributed by atoms with Gasteiger partial charge in [-0.1, -0.05) is 30.3 Å². The molecule has 3 heteroatoms. The van der Waals surface area contributed by atoms with Crippen molar-refractivity contribution in [3.8, 4) is 11.8 Å². The summed E-state index contributed by atoms with van der Waals surface area (Å²) >= 11 is 0. The molecule has 3 rings (SSSR count). The number of benzene rings is 2. The minimum atomic E-state index is 0.260. The molecule has 0 atom stereocenters. The van der Waals surface area contributed by atoms with Crippen molar-refractivity contribution in [1.82, 2.24) is 4.98 Å². The topological polar surface area (TPSA) is 35.3 Å². The van der Waals surface area contributed by atoms with E-state index in [2.05, 4.69) is 11.1 Å². The average molecular weight is 211 g/mol. The van der Waals surface area contributed by atoms with Crippen LogP contribution in [-0.4, -0.2) is 4.98 Å². The van der Waals surface area contributed by atoms with Gasteiger partial charge in [0, 0.05) is 0 Å². The van der Waals surface area contributed by atoms with Gasteiger partial charge in [-0.25, -0.2) is 0 Å². The summed E-state index contributed by atoms with van der Waals surface area (Å²) in [4.78, 5) is 3.90. The minimum absolute atomic E-state index is 0.260. The number of aromatic nitrogens is 1. The molecule has 0 radical (unpaired) electrons. The highest BCUT2D eigenvalue weighted by molar-refractivity contribution is 5.83. The molecule has 0 aliphatic carbocycles. The summed E-state index contributed by atoms with van der Waals surface area (Å²) < 4.78 is 10.5. The largest absolute Gasteiger partial charge is 0.417 e. The van der Waals surface area contributed by atoms with Gasteiger partial charge in [0.05, 0.1) is 6.20 Å². The summed E-state index contributed by atoms with van der Waals surface area (Å²) in [6, 6.07) is 14.0. The smallest absolute Gasteiger partial charge is 0.399 e. The standard InChI is InChI=1S/C13H9NO2/c1-2-4-11-9-12(6-5-10(11)3-1)16-13-14-7-8-15-13/h1-9H. The number of ether oxygens (including phenoxy) is 1. The van der Waals surface area contributed by atoms with Crippen LogP contribution in [0.1, 0.15) is 0 Å². The Balaban J connectivity index is 1.99. The van der Waals surface area contributed by atoms with Gasteiger partial charge in [-0.15, -0.1) is 0 Å². The van der Waals surface area contributed by atoms with Crippen LogP contribution < -0.4 is 4.74 Å². The summed E-state index contributed by atoms with van der Waals surface area (Å²) in [7, 11) is 0. The van der Waals surface area contributed by atoms with Crippen molar-refractivity contribution in [2.45, 2.75) is 0 Å². The number of hydrogen-bond donors (Lipinski definition) is 0. The highest BCUT2D eigenvalue weighted by Gasteiger charge is 2.01. The molecule has 16 heavy (non-hydrogen) atoms. The molecule has 2 aromatic carbocycles. The van der Waals surface area contributed by atoms with Crippen molar-refractivity contribution < 1.29 is 9.15 Å². The van der Waals surface area contributed by atoms with Gasteiger partial charge in [0.15, 0.2) is 0 Å². The SMILES string of the molecule is c1ccc2cc(Oc3ncco3)ccc2c1. The molecule has 78 valence electrons. The van der Waals surface area contributed by atoms with Crippen LogP contribution in [-0.2, 0) is 0 Å². The number of fused-ring (bicyclic) bond motifs is 1. The van der Waals surface area contributed by atoms with E-state index in [1.165, 1.54) is 11.6 Å². The zero-order valence-electron chi connectivity index (χ0n) is 8.46. The summed E-state index contributed by atoms with van der Waals surface area (Å²) in [6.07, 6.45) is 3.29. The zero-order valence-corrected chi connectivity index (χ0v) is 8.46. The van der Waals surface area contributed by atoms with E-state index < -0.39 is 0 Å². The molecule has 0 unspecified atom stereocenters. The van der Waals surface area contributed by atoms with Crippen molar-refractivity contribution in [3.63, 3.8) is 0 Å². The highest BCUT2D eigenvalue weighted by atomic mass is 16.6. The van der Waals surface area contributed by atoms with Gasteiger partial charge in [0.2, 0.25) is 0 Å². The Hall–Kier alpha value is -2.29. The molecule has 0 aliphatic heterocycles. The Kier molecular flexibility index (Phi) is 2.07. The quantitative estimate of drug-likeness (QED) is 0.649. The molecule has 3 aromatic rings. The maximum atomic E-state index is 5.45. The van der Waals surface area contributed by atoms with Crippen molar-refractivity contribution in [3.05, 3.63) is 54.9 Å². The fraction of sp³-hybridized carbons (Fsp3) is 0. The second-order valence-corrected chi connectivity index (χ2v) is 3.41. The third-order valence-electron chi connectivity index (χ3n) is 2.34. The summed E-state index contributed by atoms with van der Waals surface area (Å²) in [6.45, 7) is 0. The molecule has 1 aromatic heterocycles. The molecule has 0 fully saturated rings. The van der Waals surface area contributed by atoms with Gasteiger partial charge >= 0.3 is 6.08 Å². The lowest BCUT2D eigenvalue weighted by molar-refractivity contribution is 0.331. The Morgan fingerprint density at radius 2 is 1.88 bits per heavy atom. The lowest BCUT2D eigenvalue weighted by atomic mass is 10.1. The van der Waals surface area contributed by atoms with Crippen molar-refractivity contribution in [1.29, 1.82) is 0 Å². The van der Waals surface area contributed by atoms with E-state index in [1.54, 1.807) is 6.20 Å². The number of hydrogen-bond acceptors (Lipinski definition) is 3. The van der Waals surface area contributed by atoms with Gasteiger partial charge in [-0.05, 0) is 22.9 Å². The number of nitrogens with zero attached hydrogens (tertiary/aromatic N) is 1. The third-order valence-corrected chi connectivity index (χ3v) is 2.34. The number of rotatable bonds is 2. The second kappa shape index (κ2) is 3.70. The predicted molar refractivity (Wildman–Crippen MR) is 60.5 cm³/mol. The van der Waals surface area contributed by atoms with Gasteiger partial charge in [-0.3, -0.25) is 0 Å². The van der Waals surface area contributed by atoms with Crippen LogP contribution in [0.2, 0.25) is 0 Å². The molecule has 0 amide bonds. The maximum Gasteiger partial charge on any atom is 0.399 e. The number of oxazole rings is 1.